The number of hydrogen-bond acceptors (Lipinski definition) is 2. The van der Waals surface area contributed by atoms with Gasteiger partial charge in [-0.05, 0) is 25.5 Å². The summed E-state index contributed by atoms with van der Waals surface area (Å²) >= 11 is 1.80. The first-order valence-electron chi connectivity index (χ1n) is 4.16. The van der Waals surface area contributed by atoms with E-state index in [1.807, 2.05) is 0 Å². The molecule has 1 rings (SSSR count). The molecule has 0 aliphatic carbocycles. The second kappa shape index (κ2) is 3.19. The van der Waals surface area contributed by atoms with Gasteiger partial charge in [0.15, 0.2) is 0 Å². The standard InChI is InChI=1S/C10H16OS/c1-7-5-9(8(2)12-7)10(3,4)6-11/h5,11H,6H2,1-4H3. The minimum absolute atomic E-state index is 0.0884. The SMILES string of the molecule is Cc1cc(C(C)(C)CO)c(C)s1. The molecule has 0 saturated carbocycles. The van der Waals surface area contributed by atoms with Crippen molar-refractivity contribution in [2.45, 2.75) is 33.1 Å². The fourth-order valence-electron chi connectivity index (χ4n) is 1.39. The van der Waals surface area contributed by atoms with Gasteiger partial charge in [0.05, 0.1) is 6.61 Å². The average Bonchev–Trinajstić information content (AvgIpc) is 2.31. The van der Waals surface area contributed by atoms with Crippen molar-refractivity contribution in [3.05, 3.63) is 21.4 Å². The summed E-state index contributed by atoms with van der Waals surface area (Å²) in [6.45, 7) is 8.58. The molecular weight excluding hydrogens is 168 g/mol. The van der Waals surface area contributed by atoms with E-state index < -0.39 is 0 Å². The van der Waals surface area contributed by atoms with Crippen molar-refractivity contribution >= 4 is 11.3 Å². The van der Waals surface area contributed by atoms with Gasteiger partial charge in [0, 0.05) is 15.2 Å². The van der Waals surface area contributed by atoms with Crippen LogP contribution in [-0.2, 0) is 5.41 Å². The summed E-state index contributed by atoms with van der Waals surface area (Å²) in [5.41, 5.74) is 1.20. The molecule has 0 saturated heterocycles. The second-order valence-electron chi connectivity index (χ2n) is 3.87. The van der Waals surface area contributed by atoms with Crippen molar-refractivity contribution in [2.24, 2.45) is 0 Å². The normalized spacial score (nSPS) is 12.1. The maximum absolute atomic E-state index is 9.19. The summed E-state index contributed by atoms with van der Waals surface area (Å²) in [6, 6.07) is 2.18. The van der Waals surface area contributed by atoms with Crippen LogP contribution in [-0.4, -0.2) is 11.7 Å². The summed E-state index contributed by atoms with van der Waals surface area (Å²) in [6.07, 6.45) is 0. The Labute approximate surface area is 78.1 Å². The molecule has 1 N–H and O–H groups in total. The maximum Gasteiger partial charge on any atom is 0.0523 e. The van der Waals surface area contributed by atoms with Crippen LogP contribution in [0.5, 0.6) is 0 Å². The first-order valence-corrected chi connectivity index (χ1v) is 4.97. The van der Waals surface area contributed by atoms with E-state index in [1.165, 1.54) is 15.3 Å². The molecule has 0 spiro atoms. The third-order valence-electron chi connectivity index (χ3n) is 2.17. The zero-order valence-electron chi connectivity index (χ0n) is 8.14. The molecule has 1 nitrogen and oxygen atoms in total. The van der Waals surface area contributed by atoms with Crippen LogP contribution in [0, 0.1) is 13.8 Å². The van der Waals surface area contributed by atoms with Crippen molar-refractivity contribution in [1.29, 1.82) is 0 Å². The third kappa shape index (κ3) is 1.70. The minimum atomic E-state index is -0.0884. The first-order chi connectivity index (χ1) is 5.47. The Bertz CT molecular complexity index is 273. The molecule has 12 heavy (non-hydrogen) atoms. The topological polar surface area (TPSA) is 20.2 Å². The van der Waals surface area contributed by atoms with E-state index in [0.29, 0.717) is 0 Å². The highest BCUT2D eigenvalue weighted by atomic mass is 32.1. The van der Waals surface area contributed by atoms with Gasteiger partial charge in [-0.1, -0.05) is 13.8 Å². The molecule has 1 aromatic rings. The molecule has 0 radical (unpaired) electrons. The number of aliphatic hydroxyl groups excluding tert-OH is 1. The lowest BCUT2D eigenvalue weighted by Crippen LogP contribution is -2.22. The quantitative estimate of drug-likeness (QED) is 0.749. The molecule has 0 aliphatic heterocycles. The van der Waals surface area contributed by atoms with Crippen LogP contribution >= 0.6 is 11.3 Å². The Hall–Kier alpha value is -0.340. The van der Waals surface area contributed by atoms with Gasteiger partial charge in [-0.15, -0.1) is 11.3 Å². The summed E-state index contributed by atoms with van der Waals surface area (Å²) in [5.74, 6) is 0. The largest absolute Gasteiger partial charge is 0.395 e. The zero-order chi connectivity index (χ0) is 9.35. The summed E-state index contributed by atoms with van der Waals surface area (Å²) in [5, 5.41) is 9.19. The first kappa shape index (κ1) is 9.75. The van der Waals surface area contributed by atoms with Crippen LogP contribution in [0.15, 0.2) is 6.07 Å². The molecule has 0 aromatic carbocycles. The number of rotatable bonds is 2. The Kier molecular flexibility index (Phi) is 2.59. The molecule has 1 aromatic heterocycles. The van der Waals surface area contributed by atoms with Gasteiger partial charge in [0.2, 0.25) is 0 Å². The van der Waals surface area contributed by atoms with Gasteiger partial charge in [-0.2, -0.15) is 0 Å². The van der Waals surface area contributed by atoms with E-state index in [9.17, 15) is 5.11 Å². The molecule has 0 amide bonds. The fraction of sp³-hybridized carbons (Fsp3) is 0.600. The molecule has 2 heteroatoms. The number of aryl methyl sites for hydroxylation is 2. The molecular formula is C10H16OS. The van der Waals surface area contributed by atoms with Crippen molar-refractivity contribution in [3.63, 3.8) is 0 Å². The van der Waals surface area contributed by atoms with Gasteiger partial charge in [-0.25, -0.2) is 0 Å². The number of aliphatic hydroxyl groups is 1. The van der Waals surface area contributed by atoms with Gasteiger partial charge >= 0.3 is 0 Å². The Balaban J connectivity index is 3.09. The lowest BCUT2D eigenvalue weighted by Gasteiger charge is -2.21. The van der Waals surface area contributed by atoms with Crippen LogP contribution in [0.1, 0.15) is 29.2 Å². The average molecular weight is 184 g/mol. The summed E-state index contributed by atoms with van der Waals surface area (Å²) in [4.78, 5) is 2.65. The van der Waals surface area contributed by atoms with E-state index in [0.717, 1.165) is 0 Å². The predicted molar refractivity (Wildman–Crippen MR) is 53.9 cm³/mol. The summed E-state index contributed by atoms with van der Waals surface area (Å²) < 4.78 is 0. The van der Waals surface area contributed by atoms with Crippen molar-refractivity contribution in [3.8, 4) is 0 Å². The van der Waals surface area contributed by atoms with Gasteiger partial charge in [0.25, 0.3) is 0 Å². The highest BCUT2D eigenvalue weighted by Gasteiger charge is 2.22. The maximum atomic E-state index is 9.19. The highest BCUT2D eigenvalue weighted by molar-refractivity contribution is 7.12. The molecule has 0 aliphatic rings. The van der Waals surface area contributed by atoms with Gasteiger partial charge in [-0.3, -0.25) is 0 Å². The lowest BCUT2D eigenvalue weighted by molar-refractivity contribution is 0.218. The van der Waals surface area contributed by atoms with Crippen LogP contribution < -0.4 is 0 Å². The number of hydrogen-bond donors (Lipinski definition) is 1. The second-order valence-corrected chi connectivity index (χ2v) is 5.33. The van der Waals surface area contributed by atoms with Crippen molar-refractivity contribution < 1.29 is 5.11 Å². The predicted octanol–water partition coefficient (Wildman–Crippen LogP) is 2.63. The molecule has 1 heterocycles. The Morgan fingerprint density at radius 3 is 2.33 bits per heavy atom. The van der Waals surface area contributed by atoms with Crippen LogP contribution in [0.2, 0.25) is 0 Å². The minimum Gasteiger partial charge on any atom is -0.395 e. The van der Waals surface area contributed by atoms with E-state index in [1.54, 1.807) is 11.3 Å². The monoisotopic (exact) mass is 184 g/mol. The highest BCUT2D eigenvalue weighted by Crippen LogP contribution is 2.31. The molecule has 68 valence electrons. The van der Waals surface area contributed by atoms with E-state index in [2.05, 4.69) is 33.8 Å². The van der Waals surface area contributed by atoms with E-state index >= 15 is 0 Å². The van der Waals surface area contributed by atoms with Crippen LogP contribution in [0.3, 0.4) is 0 Å². The molecule has 0 unspecified atom stereocenters. The van der Waals surface area contributed by atoms with Crippen molar-refractivity contribution in [2.75, 3.05) is 6.61 Å². The smallest absolute Gasteiger partial charge is 0.0523 e. The Morgan fingerprint density at radius 2 is 2.00 bits per heavy atom. The van der Waals surface area contributed by atoms with Gasteiger partial charge < -0.3 is 5.11 Å². The van der Waals surface area contributed by atoms with E-state index in [-0.39, 0.29) is 12.0 Å². The van der Waals surface area contributed by atoms with E-state index in [4.69, 9.17) is 0 Å². The number of thiophene rings is 1. The van der Waals surface area contributed by atoms with Crippen LogP contribution in [0.25, 0.3) is 0 Å². The molecule has 0 bridgehead atoms. The van der Waals surface area contributed by atoms with Gasteiger partial charge in [0.1, 0.15) is 0 Å². The van der Waals surface area contributed by atoms with Crippen molar-refractivity contribution in [1.82, 2.24) is 0 Å². The fourth-order valence-corrected chi connectivity index (χ4v) is 2.49. The Morgan fingerprint density at radius 1 is 1.42 bits per heavy atom. The summed E-state index contributed by atoms with van der Waals surface area (Å²) in [7, 11) is 0. The molecule has 0 atom stereocenters. The zero-order valence-corrected chi connectivity index (χ0v) is 8.96. The molecule has 0 fully saturated rings. The third-order valence-corrected chi connectivity index (χ3v) is 3.13. The lowest BCUT2D eigenvalue weighted by atomic mass is 9.86. The van der Waals surface area contributed by atoms with Crippen LogP contribution in [0.4, 0.5) is 0 Å².